The number of thiocarbonyl (C=S) groups is 1. The van der Waals surface area contributed by atoms with Crippen LogP contribution < -0.4 is 0 Å². The Balaban J connectivity index is 2.31. The molecule has 0 aliphatic carbocycles. The molecule has 1 aliphatic rings. The molecule has 0 aromatic carbocycles. The lowest BCUT2D eigenvalue weighted by Crippen LogP contribution is -2.26. The van der Waals surface area contributed by atoms with Gasteiger partial charge in [-0.05, 0) is 5.37 Å². The molecule has 0 fully saturated rings. The Kier molecular flexibility index (Phi) is 2.51. The Morgan fingerprint density at radius 1 is 1.78 bits per heavy atom. The molecule has 2 nitrogen and oxygen atoms in total. The predicted molar refractivity (Wildman–Crippen MR) is 40.3 cm³/mol. The van der Waals surface area contributed by atoms with Crippen molar-refractivity contribution in [3.8, 4) is 0 Å². The summed E-state index contributed by atoms with van der Waals surface area (Å²) in [5.41, 5.74) is 0. The van der Waals surface area contributed by atoms with E-state index in [2.05, 4.69) is 4.90 Å². The van der Waals surface area contributed by atoms with Crippen molar-refractivity contribution in [1.29, 1.82) is 0 Å². The maximum absolute atomic E-state index is 4.98. The Morgan fingerprint density at radius 3 is 3.22 bits per heavy atom. The van der Waals surface area contributed by atoms with Crippen LogP contribution in [-0.4, -0.2) is 30.0 Å². The molecule has 0 N–H and O–H groups in total. The van der Waals surface area contributed by atoms with Gasteiger partial charge < -0.3 is 9.64 Å². The van der Waals surface area contributed by atoms with Gasteiger partial charge in [0.15, 0.2) is 0 Å². The molecule has 0 spiro atoms. The average molecular weight is 143 g/mol. The highest BCUT2D eigenvalue weighted by molar-refractivity contribution is 7.79. The predicted octanol–water partition coefficient (Wildman–Crippen LogP) is 0.790. The quantitative estimate of drug-likeness (QED) is 0.530. The highest BCUT2D eigenvalue weighted by atomic mass is 32.1. The molecule has 0 amide bonds. The highest BCUT2D eigenvalue weighted by Gasteiger charge is 1.99. The van der Waals surface area contributed by atoms with Crippen LogP contribution in [0.1, 0.15) is 0 Å². The molecular formula is C6H9NOS. The molecule has 0 saturated heterocycles. The second-order valence-electron chi connectivity index (χ2n) is 1.82. The van der Waals surface area contributed by atoms with Gasteiger partial charge in [0.2, 0.25) is 0 Å². The fourth-order valence-electron chi connectivity index (χ4n) is 0.690. The van der Waals surface area contributed by atoms with Gasteiger partial charge in [-0.15, -0.1) is 0 Å². The standard InChI is InChI=1S/C6H9NOS/c9-6-3-7-1-4-8-5-2-7/h1,4,6H,2-3,5H2. The van der Waals surface area contributed by atoms with Crippen LogP contribution in [0.15, 0.2) is 12.5 Å². The number of hydrogen-bond donors (Lipinski definition) is 0. The van der Waals surface area contributed by atoms with E-state index in [1.807, 2.05) is 6.20 Å². The zero-order chi connectivity index (χ0) is 6.53. The zero-order valence-electron chi connectivity index (χ0n) is 5.12. The van der Waals surface area contributed by atoms with Crippen LogP contribution >= 0.6 is 12.2 Å². The summed E-state index contributed by atoms with van der Waals surface area (Å²) in [6.07, 6.45) is 3.61. The summed E-state index contributed by atoms with van der Waals surface area (Å²) in [6, 6.07) is 0. The van der Waals surface area contributed by atoms with E-state index < -0.39 is 0 Å². The molecule has 0 aromatic rings. The largest absolute Gasteiger partial charge is 0.498 e. The fraction of sp³-hybridized carbons (Fsp3) is 0.500. The van der Waals surface area contributed by atoms with Crippen LogP contribution in [0.2, 0.25) is 0 Å². The molecule has 0 radical (unpaired) electrons. The summed E-state index contributed by atoms with van der Waals surface area (Å²) >= 11 is 4.69. The minimum atomic E-state index is 0.777. The van der Waals surface area contributed by atoms with Gasteiger partial charge >= 0.3 is 0 Å². The fourth-order valence-corrected chi connectivity index (χ4v) is 0.881. The maximum Gasteiger partial charge on any atom is 0.105 e. The third kappa shape index (κ3) is 2.01. The summed E-state index contributed by atoms with van der Waals surface area (Å²) < 4.78 is 4.98. The molecule has 50 valence electrons. The van der Waals surface area contributed by atoms with Gasteiger partial charge in [0.1, 0.15) is 6.61 Å². The van der Waals surface area contributed by atoms with Gasteiger partial charge in [-0.1, -0.05) is 12.2 Å². The van der Waals surface area contributed by atoms with Crippen molar-refractivity contribution >= 4 is 17.6 Å². The Morgan fingerprint density at radius 2 is 2.67 bits per heavy atom. The first kappa shape index (κ1) is 6.55. The van der Waals surface area contributed by atoms with E-state index in [9.17, 15) is 0 Å². The van der Waals surface area contributed by atoms with E-state index >= 15 is 0 Å². The monoisotopic (exact) mass is 143 g/mol. The van der Waals surface area contributed by atoms with Crippen LogP contribution in [0.5, 0.6) is 0 Å². The molecule has 1 rings (SSSR count). The summed E-state index contributed by atoms with van der Waals surface area (Å²) in [4.78, 5) is 2.11. The van der Waals surface area contributed by atoms with Crippen molar-refractivity contribution in [1.82, 2.24) is 4.90 Å². The van der Waals surface area contributed by atoms with Crippen LogP contribution in [0.3, 0.4) is 0 Å². The molecule has 0 atom stereocenters. The third-order valence-corrected chi connectivity index (χ3v) is 1.32. The topological polar surface area (TPSA) is 12.5 Å². The molecule has 9 heavy (non-hydrogen) atoms. The molecule has 0 saturated carbocycles. The van der Waals surface area contributed by atoms with Gasteiger partial charge in [0, 0.05) is 12.7 Å². The minimum Gasteiger partial charge on any atom is -0.498 e. The second-order valence-corrected chi connectivity index (χ2v) is 2.15. The molecule has 0 unspecified atom stereocenters. The van der Waals surface area contributed by atoms with Crippen molar-refractivity contribution in [3.63, 3.8) is 0 Å². The first-order valence-corrected chi connectivity index (χ1v) is 3.36. The van der Waals surface area contributed by atoms with Gasteiger partial charge in [0.25, 0.3) is 0 Å². The van der Waals surface area contributed by atoms with E-state index in [4.69, 9.17) is 17.0 Å². The van der Waals surface area contributed by atoms with Gasteiger partial charge in [0.05, 0.1) is 12.8 Å². The van der Waals surface area contributed by atoms with Crippen molar-refractivity contribution in [3.05, 3.63) is 12.5 Å². The van der Waals surface area contributed by atoms with E-state index in [-0.39, 0.29) is 0 Å². The van der Waals surface area contributed by atoms with Crippen molar-refractivity contribution < 1.29 is 4.74 Å². The molecule has 0 aromatic heterocycles. The maximum atomic E-state index is 4.98. The first-order valence-electron chi connectivity index (χ1n) is 2.89. The average Bonchev–Trinajstić information content (AvgIpc) is 1.91. The van der Waals surface area contributed by atoms with Gasteiger partial charge in [-0.25, -0.2) is 0 Å². The SMILES string of the molecule is S=CCN1C=COCC1. The number of ether oxygens (including phenoxy) is 1. The summed E-state index contributed by atoms with van der Waals surface area (Å²) in [6.45, 7) is 2.57. The lowest BCUT2D eigenvalue weighted by atomic mass is 10.5. The summed E-state index contributed by atoms with van der Waals surface area (Å²) in [7, 11) is 0. The van der Waals surface area contributed by atoms with E-state index in [1.54, 1.807) is 11.6 Å². The molecule has 1 aliphatic heterocycles. The number of hydrogen-bond acceptors (Lipinski definition) is 3. The van der Waals surface area contributed by atoms with Crippen LogP contribution in [0.25, 0.3) is 0 Å². The van der Waals surface area contributed by atoms with Crippen LogP contribution in [0.4, 0.5) is 0 Å². The third-order valence-electron chi connectivity index (χ3n) is 1.17. The Hall–Kier alpha value is -0.570. The number of rotatable bonds is 2. The van der Waals surface area contributed by atoms with Crippen LogP contribution in [-0.2, 0) is 4.74 Å². The van der Waals surface area contributed by atoms with Crippen molar-refractivity contribution in [2.45, 2.75) is 0 Å². The Labute approximate surface area is 60.1 Å². The zero-order valence-corrected chi connectivity index (χ0v) is 5.93. The smallest absolute Gasteiger partial charge is 0.105 e. The van der Waals surface area contributed by atoms with Crippen molar-refractivity contribution in [2.24, 2.45) is 0 Å². The van der Waals surface area contributed by atoms with E-state index in [0.29, 0.717) is 0 Å². The summed E-state index contributed by atoms with van der Waals surface area (Å²) in [5.74, 6) is 0. The molecule has 3 heteroatoms. The molecular weight excluding hydrogens is 134 g/mol. The lowest BCUT2D eigenvalue weighted by Gasteiger charge is -2.20. The van der Waals surface area contributed by atoms with Crippen LogP contribution in [0, 0.1) is 0 Å². The van der Waals surface area contributed by atoms with E-state index in [0.717, 1.165) is 19.7 Å². The highest BCUT2D eigenvalue weighted by Crippen LogP contribution is 1.95. The molecule has 0 bridgehead atoms. The second kappa shape index (κ2) is 3.45. The number of nitrogens with zero attached hydrogens (tertiary/aromatic N) is 1. The Bertz CT molecular complexity index is 124. The minimum absolute atomic E-state index is 0.777. The lowest BCUT2D eigenvalue weighted by molar-refractivity contribution is 0.183. The van der Waals surface area contributed by atoms with Gasteiger partial charge in [-0.2, -0.15) is 0 Å². The van der Waals surface area contributed by atoms with Crippen molar-refractivity contribution in [2.75, 3.05) is 19.7 Å². The van der Waals surface area contributed by atoms with E-state index in [1.165, 1.54) is 0 Å². The normalized spacial score (nSPS) is 17.1. The molecule has 1 heterocycles. The first-order chi connectivity index (χ1) is 4.43. The van der Waals surface area contributed by atoms with Gasteiger partial charge in [-0.3, -0.25) is 0 Å². The summed E-state index contributed by atoms with van der Waals surface area (Å²) in [5, 5.41) is 1.72.